The fourth-order valence-corrected chi connectivity index (χ4v) is 4.64. The third-order valence-corrected chi connectivity index (χ3v) is 6.09. The first kappa shape index (κ1) is 19.0. The highest BCUT2D eigenvalue weighted by Crippen LogP contribution is 2.32. The van der Waals surface area contributed by atoms with Crippen molar-refractivity contribution in [2.24, 2.45) is 0 Å². The fraction of sp³-hybridized carbons (Fsp3) is 0.211. The quantitative estimate of drug-likeness (QED) is 0.405. The van der Waals surface area contributed by atoms with E-state index < -0.39 is 27.5 Å². The standard InChI is InChI=1S/C19H14F3N7.Al/c1-10(13-6-4-8-15(25-13)18-23-11(2)26-29-18)12-5-3-7-14(24-12)16-9-17(28-27-16)19(20,21)22;/h3-10H,1-2H3;/q-2;+2. The van der Waals surface area contributed by atoms with E-state index in [1.54, 1.807) is 22.7 Å². The van der Waals surface area contributed by atoms with Gasteiger partial charge in [-0.15, -0.1) is 0 Å². The van der Waals surface area contributed by atoms with Gasteiger partial charge in [-0.25, -0.2) is 9.97 Å². The molecule has 7 nitrogen and oxygen atoms in total. The lowest BCUT2D eigenvalue weighted by molar-refractivity contribution is -0.141. The van der Waals surface area contributed by atoms with Gasteiger partial charge in [0.15, 0.2) is 11.5 Å². The number of hydrogen-bond donors (Lipinski definition) is 0. The largest absolute Gasteiger partial charge is 0.604 e. The summed E-state index contributed by atoms with van der Waals surface area (Å²) in [6, 6.07) is 12.0. The van der Waals surface area contributed by atoms with Gasteiger partial charge in [-0.1, -0.05) is 19.1 Å². The van der Waals surface area contributed by atoms with Crippen molar-refractivity contribution in [2.45, 2.75) is 25.9 Å². The van der Waals surface area contributed by atoms with Crippen molar-refractivity contribution in [3.63, 3.8) is 0 Å². The van der Waals surface area contributed by atoms with Crippen molar-refractivity contribution in [2.75, 3.05) is 0 Å². The number of pyridine rings is 2. The molecule has 1 unspecified atom stereocenters. The van der Waals surface area contributed by atoms with E-state index in [9.17, 15) is 13.2 Å². The second-order valence-electron chi connectivity index (χ2n) is 7.02. The second kappa shape index (κ2) is 6.75. The van der Waals surface area contributed by atoms with E-state index in [0.717, 1.165) is 11.8 Å². The molecule has 1 aliphatic rings. The van der Waals surface area contributed by atoms with Crippen LogP contribution < -0.4 is 0 Å². The molecule has 5 heterocycles. The van der Waals surface area contributed by atoms with Crippen LogP contribution in [0.25, 0.3) is 22.9 Å². The van der Waals surface area contributed by atoms with Gasteiger partial charge in [-0.05, 0) is 37.3 Å². The third kappa shape index (κ3) is 3.20. The molecular formula is C19H14AlF3N7. The Bertz CT molecular complexity index is 1260. The molecule has 0 saturated carbocycles. The molecule has 0 aromatic carbocycles. The molecule has 1 radical (unpaired) electrons. The number of aryl methyl sites for hydroxylation is 1. The van der Waals surface area contributed by atoms with E-state index in [1.807, 2.05) is 31.2 Å². The Kier molecular flexibility index (Phi) is 4.27. The van der Waals surface area contributed by atoms with Gasteiger partial charge in [0.25, 0.3) is 0 Å². The van der Waals surface area contributed by atoms with Crippen LogP contribution in [0.1, 0.15) is 35.7 Å². The highest BCUT2D eigenvalue weighted by molar-refractivity contribution is 6.32. The molecule has 1 aliphatic heterocycles. The Morgan fingerprint density at radius 3 is 2.27 bits per heavy atom. The minimum absolute atomic E-state index is 0.160. The number of aromatic nitrogens is 7. The summed E-state index contributed by atoms with van der Waals surface area (Å²) in [5, 5.41) is 8.23. The molecule has 149 valence electrons. The zero-order chi connectivity index (χ0) is 21.0. The number of halogens is 3. The second-order valence-corrected chi connectivity index (χ2v) is 8.23. The van der Waals surface area contributed by atoms with Crippen LogP contribution in [0, 0.1) is 6.92 Å². The summed E-state index contributed by atoms with van der Waals surface area (Å²) >= 11 is -1.00. The molecule has 0 fully saturated rings. The summed E-state index contributed by atoms with van der Waals surface area (Å²) < 4.78 is 43.2. The molecular weight excluding hydrogens is 410 g/mol. The Hall–Kier alpha value is -3.03. The molecule has 0 saturated heterocycles. The lowest BCUT2D eigenvalue weighted by Gasteiger charge is -2.15. The SMILES string of the molecule is Cc1nc2[n](n1)[Al][n]1nc(C(F)(F)F)cc1-c1cccc(n1)C(C)c1cccc-2n1. The first-order chi connectivity index (χ1) is 14.3. The van der Waals surface area contributed by atoms with Crippen molar-refractivity contribution < 1.29 is 13.2 Å². The van der Waals surface area contributed by atoms with Gasteiger partial charge in [0.05, 0.1) is 11.4 Å². The highest BCUT2D eigenvalue weighted by atomic mass is 27.1. The number of rotatable bonds is 0. The van der Waals surface area contributed by atoms with Gasteiger partial charge in [0, 0.05) is 17.3 Å². The van der Waals surface area contributed by atoms with Gasteiger partial charge in [-0.3, -0.25) is 4.98 Å². The molecule has 30 heavy (non-hydrogen) atoms. The van der Waals surface area contributed by atoms with Crippen LogP contribution in [-0.4, -0.2) is 48.1 Å². The number of hydrogen-bond acceptors (Lipinski definition) is 5. The van der Waals surface area contributed by atoms with Crippen molar-refractivity contribution in [3.05, 3.63) is 65.4 Å². The van der Waals surface area contributed by atoms with Crippen LogP contribution in [0.5, 0.6) is 0 Å². The van der Waals surface area contributed by atoms with Gasteiger partial charge in [0.2, 0.25) is 0 Å². The monoisotopic (exact) mass is 424 g/mol. The normalized spacial score (nSPS) is 15.4. The topological polar surface area (TPSA) is 74.3 Å². The minimum Gasteiger partial charge on any atom is -0.336 e. The third-order valence-electron chi connectivity index (χ3n) is 4.90. The van der Waals surface area contributed by atoms with Gasteiger partial charge in [-0.2, -0.15) is 23.4 Å². The smallest absolute Gasteiger partial charge is 0.336 e. The molecule has 0 amide bonds. The zero-order valence-electron chi connectivity index (χ0n) is 16.0. The van der Waals surface area contributed by atoms with Gasteiger partial charge in [0.1, 0.15) is 11.5 Å². The molecule has 0 aliphatic carbocycles. The number of fused-ring (bicyclic) bond motifs is 8. The Morgan fingerprint density at radius 2 is 1.57 bits per heavy atom. The predicted octanol–water partition coefficient (Wildman–Crippen LogP) is 3.32. The average Bonchev–Trinajstić information content (AvgIpc) is 3.31. The summed E-state index contributed by atoms with van der Waals surface area (Å²) in [7, 11) is 0. The maximum Gasteiger partial charge on any atom is 0.604 e. The van der Waals surface area contributed by atoms with Crippen LogP contribution in [0.4, 0.5) is 13.2 Å². The van der Waals surface area contributed by atoms with Crippen LogP contribution in [0.15, 0.2) is 42.5 Å². The average molecular weight is 424 g/mol. The molecule has 4 bridgehead atoms. The van der Waals surface area contributed by atoms with E-state index in [2.05, 4.69) is 20.2 Å². The summed E-state index contributed by atoms with van der Waals surface area (Å²) in [6.07, 6.45) is -4.56. The molecule has 11 heteroatoms. The van der Waals surface area contributed by atoms with Gasteiger partial charge >= 0.3 is 21.8 Å². The Morgan fingerprint density at radius 1 is 0.900 bits per heavy atom. The fourth-order valence-electron chi connectivity index (χ4n) is 3.41. The first-order valence-corrected chi connectivity index (χ1v) is 10.2. The number of nitrogens with zero attached hydrogens (tertiary/aromatic N) is 7. The Labute approximate surface area is 175 Å². The van der Waals surface area contributed by atoms with E-state index in [1.165, 1.54) is 3.67 Å². The van der Waals surface area contributed by atoms with Gasteiger partial charge < -0.3 is 7.33 Å². The Balaban J connectivity index is 1.80. The van der Waals surface area contributed by atoms with Crippen molar-refractivity contribution in [1.82, 2.24) is 32.5 Å². The maximum atomic E-state index is 13.4. The van der Waals surface area contributed by atoms with Crippen molar-refractivity contribution in [3.8, 4) is 22.9 Å². The zero-order valence-corrected chi connectivity index (χ0v) is 17.1. The van der Waals surface area contributed by atoms with Crippen molar-refractivity contribution in [1.29, 1.82) is 0 Å². The summed E-state index contributed by atoms with van der Waals surface area (Å²) in [6.45, 7) is 3.70. The van der Waals surface area contributed by atoms with E-state index >= 15 is 0 Å². The molecule has 0 spiro atoms. The lowest BCUT2D eigenvalue weighted by atomic mass is 10.0. The summed E-state index contributed by atoms with van der Waals surface area (Å²) in [5.41, 5.74) is 1.87. The molecule has 4 aromatic heterocycles. The highest BCUT2D eigenvalue weighted by Gasteiger charge is 2.36. The first-order valence-electron chi connectivity index (χ1n) is 9.19. The molecule has 5 rings (SSSR count). The lowest BCUT2D eigenvalue weighted by Crippen LogP contribution is -2.23. The molecule has 4 aromatic rings. The van der Waals surface area contributed by atoms with E-state index in [0.29, 0.717) is 34.4 Å². The predicted molar refractivity (Wildman–Crippen MR) is 103 cm³/mol. The molecule has 0 N–H and O–H groups in total. The van der Waals surface area contributed by atoms with Crippen LogP contribution in [0.2, 0.25) is 0 Å². The van der Waals surface area contributed by atoms with Crippen LogP contribution in [-0.2, 0) is 6.18 Å². The maximum absolute atomic E-state index is 13.4. The summed E-state index contributed by atoms with van der Waals surface area (Å²) in [5.74, 6) is 0.854. The molecule has 1 atom stereocenters. The van der Waals surface area contributed by atoms with Crippen molar-refractivity contribution >= 4 is 15.7 Å². The van der Waals surface area contributed by atoms with E-state index in [4.69, 9.17) is 4.98 Å². The van der Waals surface area contributed by atoms with Crippen LogP contribution >= 0.6 is 0 Å². The minimum atomic E-state index is -4.56. The summed E-state index contributed by atoms with van der Waals surface area (Å²) in [4.78, 5) is 13.8. The van der Waals surface area contributed by atoms with Crippen LogP contribution in [0.3, 0.4) is 0 Å². The number of alkyl halides is 3. The van der Waals surface area contributed by atoms with E-state index in [-0.39, 0.29) is 5.92 Å².